The van der Waals surface area contributed by atoms with Crippen LogP contribution in [0.2, 0.25) is 0 Å². The lowest BCUT2D eigenvalue weighted by Gasteiger charge is -2.02. The summed E-state index contributed by atoms with van der Waals surface area (Å²) in [7, 11) is 0. The number of carbonyl (C=O) groups excluding carboxylic acids is 1. The Hall–Kier alpha value is -1.32. The van der Waals surface area contributed by atoms with Gasteiger partial charge in [-0.1, -0.05) is 13.5 Å². The van der Waals surface area contributed by atoms with Crippen LogP contribution in [0.15, 0.2) is 12.2 Å². The van der Waals surface area contributed by atoms with Crippen LogP contribution in [0.1, 0.15) is 19.8 Å². The molecule has 4 heteroatoms. The van der Waals surface area contributed by atoms with Crippen LogP contribution in [-0.2, 0) is 14.3 Å². The van der Waals surface area contributed by atoms with Gasteiger partial charge in [-0.3, -0.25) is 4.79 Å². The summed E-state index contributed by atoms with van der Waals surface area (Å²) in [6, 6.07) is 0. The molecule has 68 valence electrons. The van der Waals surface area contributed by atoms with E-state index in [1.165, 1.54) is 0 Å². The van der Waals surface area contributed by atoms with Crippen molar-refractivity contribution in [1.82, 2.24) is 0 Å². The van der Waals surface area contributed by atoms with E-state index in [9.17, 15) is 9.59 Å². The van der Waals surface area contributed by atoms with Crippen molar-refractivity contribution >= 4 is 11.9 Å². The molecule has 0 aromatic heterocycles. The summed E-state index contributed by atoms with van der Waals surface area (Å²) in [5.74, 6) is -1.50. The molecular weight excluding hydrogens is 160 g/mol. The number of carboxylic acid groups (broad SMARTS) is 1. The molecule has 1 N–H and O–H groups in total. The summed E-state index contributed by atoms with van der Waals surface area (Å²) >= 11 is 0. The third-order valence-electron chi connectivity index (χ3n) is 1.26. The van der Waals surface area contributed by atoms with Gasteiger partial charge >= 0.3 is 11.9 Å². The van der Waals surface area contributed by atoms with Gasteiger partial charge in [-0.05, 0) is 6.42 Å². The predicted molar refractivity (Wildman–Crippen MR) is 42.6 cm³/mol. The highest BCUT2D eigenvalue weighted by Crippen LogP contribution is 1.99. The molecule has 0 amide bonds. The molecule has 0 fully saturated rings. The Morgan fingerprint density at radius 2 is 2.08 bits per heavy atom. The Balaban J connectivity index is 3.58. The van der Waals surface area contributed by atoms with Crippen LogP contribution in [0.3, 0.4) is 0 Å². The van der Waals surface area contributed by atoms with Crippen LogP contribution in [0.5, 0.6) is 0 Å². The fourth-order valence-corrected chi connectivity index (χ4v) is 0.477. The molecule has 0 atom stereocenters. The lowest BCUT2D eigenvalue weighted by atomic mass is 10.2. The molecule has 12 heavy (non-hydrogen) atoms. The average Bonchev–Trinajstić information content (AvgIpc) is 2.02. The van der Waals surface area contributed by atoms with Gasteiger partial charge in [-0.25, -0.2) is 4.79 Å². The van der Waals surface area contributed by atoms with E-state index >= 15 is 0 Å². The second kappa shape index (κ2) is 5.35. The minimum atomic E-state index is -0.982. The Bertz CT molecular complexity index is 195. The smallest absolute Gasteiger partial charge is 0.333 e. The fraction of sp³-hybridized carbons (Fsp3) is 0.500. The van der Waals surface area contributed by atoms with Gasteiger partial charge in [0.2, 0.25) is 0 Å². The van der Waals surface area contributed by atoms with E-state index in [1.807, 2.05) is 0 Å². The third kappa shape index (κ3) is 4.49. The third-order valence-corrected chi connectivity index (χ3v) is 1.26. The van der Waals surface area contributed by atoms with Crippen LogP contribution in [0.25, 0.3) is 0 Å². The first-order valence-electron chi connectivity index (χ1n) is 3.64. The maximum Gasteiger partial charge on any atom is 0.333 e. The van der Waals surface area contributed by atoms with Crippen LogP contribution in [0.4, 0.5) is 0 Å². The van der Waals surface area contributed by atoms with E-state index < -0.39 is 11.9 Å². The Morgan fingerprint density at radius 1 is 1.50 bits per heavy atom. The molecule has 4 nitrogen and oxygen atoms in total. The Morgan fingerprint density at radius 3 is 2.50 bits per heavy atom. The lowest BCUT2D eigenvalue weighted by molar-refractivity contribution is -0.143. The number of rotatable bonds is 5. The quantitative estimate of drug-likeness (QED) is 0.495. The maximum absolute atomic E-state index is 10.8. The highest BCUT2D eigenvalue weighted by molar-refractivity contribution is 5.87. The summed E-state index contributed by atoms with van der Waals surface area (Å²) in [6.45, 7) is 5.14. The van der Waals surface area contributed by atoms with E-state index in [1.54, 1.807) is 6.92 Å². The van der Waals surface area contributed by atoms with Gasteiger partial charge in [-0.2, -0.15) is 0 Å². The second-order valence-corrected chi connectivity index (χ2v) is 2.24. The number of esters is 1. The molecule has 0 aromatic rings. The predicted octanol–water partition coefficient (Wildman–Crippen LogP) is 0.971. The molecule has 0 aliphatic heterocycles. The summed E-state index contributed by atoms with van der Waals surface area (Å²) in [6.07, 6.45) is 0.356. The number of aliphatic carboxylic acids is 1. The molecule has 0 heterocycles. The van der Waals surface area contributed by atoms with Gasteiger partial charge < -0.3 is 9.84 Å². The van der Waals surface area contributed by atoms with Gasteiger partial charge in [-0.15, -0.1) is 0 Å². The normalized spacial score (nSPS) is 9.08. The molecule has 0 bridgehead atoms. The van der Waals surface area contributed by atoms with Gasteiger partial charge in [0, 0.05) is 5.57 Å². The first-order valence-corrected chi connectivity index (χ1v) is 3.64. The van der Waals surface area contributed by atoms with E-state index in [4.69, 9.17) is 5.11 Å². The summed E-state index contributed by atoms with van der Waals surface area (Å²) in [4.78, 5) is 20.8. The van der Waals surface area contributed by atoms with E-state index in [0.29, 0.717) is 12.0 Å². The minimum Gasteiger partial charge on any atom is -0.481 e. The summed E-state index contributed by atoms with van der Waals surface area (Å²) in [5, 5.41) is 8.21. The minimum absolute atomic E-state index is 0.0901. The molecular formula is C8H12O4. The zero-order valence-corrected chi connectivity index (χ0v) is 7.00. The average molecular weight is 172 g/mol. The highest BCUT2D eigenvalue weighted by atomic mass is 16.5. The summed E-state index contributed by atoms with van der Waals surface area (Å²) in [5.41, 5.74) is 0.361. The summed E-state index contributed by atoms with van der Waals surface area (Å²) < 4.78 is 4.59. The number of carbonyl (C=O) groups is 2. The standard InChI is InChI=1S/C8H12O4/c1-3-6(2)8(11)12-5-4-7(9)10/h2-5H2,1H3,(H,9,10). The van der Waals surface area contributed by atoms with Gasteiger partial charge in [0.05, 0.1) is 6.42 Å². The van der Waals surface area contributed by atoms with Crippen LogP contribution in [0, 0.1) is 0 Å². The van der Waals surface area contributed by atoms with Crippen LogP contribution < -0.4 is 0 Å². The fourth-order valence-electron chi connectivity index (χ4n) is 0.477. The number of carboxylic acids is 1. The van der Waals surface area contributed by atoms with Crippen LogP contribution >= 0.6 is 0 Å². The molecule has 0 radical (unpaired) electrons. The molecule has 0 aliphatic rings. The van der Waals surface area contributed by atoms with Crippen LogP contribution in [-0.4, -0.2) is 23.7 Å². The first-order chi connectivity index (χ1) is 5.57. The lowest BCUT2D eigenvalue weighted by Crippen LogP contribution is -2.10. The van der Waals surface area contributed by atoms with Crippen molar-refractivity contribution in [1.29, 1.82) is 0 Å². The topological polar surface area (TPSA) is 63.6 Å². The largest absolute Gasteiger partial charge is 0.481 e. The number of hydrogen-bond acceptors (Lipinski definition) is 3. The molecule has 0 aliphatic carbocycles. The van der Waals surface area contributed by atoms with E-state index in [2.05, 4.69) is 11.3 Å². The first kappa shape index (κ1) is 10.7. The monoisotopic (exact) mass is 172 g/mol. The SMILES string of the molecule is C=C(CC)C(=O)OCCC(=O)O. The van der Waals surface area contributed by atoms with Gasteiger partial charge in [0.15, 0.2) is 0 Å². The van der Waals surface area contributed by atoms with Crippen molar-refractivity contribution in [2.75, 3.05) is 6.61 Å². The molecule has 0 saturated heterocycles. The van der Waals surface area contributed by atoms with Crippen molar-refractivity contribution in [3.63, 3.8) is 0 Å². The zero-order chi connectivity index (χ0) is 9.56. The molecule has 0 rings (SSSR count). The molecule has 0 unspecified atom stereocenters. The number of hydrogen-bond donors (Lipinski definition) is 1. The van der Waals surface area contributed by atoms with Crippen molar-refractivity contribution in [2.45, 2.75) is 19.8 Å². The molecule has 0 aromatic carbocycles. The number of ether oxygens (including phenoxy) is 1. The van der Waals surface area contributed by atoms with Crippen molar-refractivity contribution in [2.24, 2.45) is 0 Å². The maximum atomic E-state index is 10.8. The molecule has 0 spiro atoms. The van der Waals surface area contributed by atoms with E-state index in [-0.39, 0.29) is 13.0 Å². The highest BCUT2D eigenvalue weighted by Gasteiger charge is 2.06. The van der Waals surface area contributed by atoms with Crippen molar-refractivity contribution in [3.05, 3.63) is 12.2 Å². The van der Waals surface area contributed by atoms with Crippen molar-refractivity contribution in [3.8, 4) is 0 Å². The zero-order valence-electron chi connectivity index (χ0n) is 7.00. The van der Waals surface area contributed by atoms with Gasteiger partial charge in [0.1, 0.15) is 6.61 Å². The van der Waals surface area contributed by atoms with Gasteiger partial charge in [0.25, 0.3) is 0 Å². The van der Waals surface area contributed by atoms with E-state index in [0.717, 1.165) is 0 Å². The van der Waals surface area contributed by atoms with Crippen molar-refractivity contribution < 1.29 is 19.4 Å². The molecule has 0 saturated carbocycles. The Labute approximate surface area is 70.8 Å². The second-order valence-electron chi connectivity index (χ2n) is 2.24. The Kier molecular flexibility index (Phi) is 4.76.